The van der Waals surface area contributed by atoms with Crippen molar-refractivity contribution < 1.29 is 8.42 Å². The molecule has 0 aliphatic carbocycles. The van der Waals surface area contributed by atoms with Crippen LogP contribution in [-0.4, -0.2) is 82.1 Å². The van der Waals surface area contributed by atoms with E-state index in [1.807, 2.05) is 43.3 Å². The Morgan fingerprint density at radius 2 is 1.52 bits per heavy atom. The molecule has 0 bridgehead atoms. The van der Waals surface area contributed by atoms with E-state index < -0.39 is 10.0 Å². The number of pyridine rings is 1. The zero-order chi connectivity index (χ0) is 21.7. The van der Waals surface area contributed by atoms with Crippen LogP contribution in [0.25, 0.3) is 0 Å². The molecule has 2 aliphatic heterocycles. The summed E-state index contributed by atoms with van der Waals surface area (Å²) in [6.45, 7) is 10.9. The first-order chi connectivity index (χ1) is 15.1. The van der Waals surface area contributed by atoms with Crippen molar-refractivity contribution in [3.05, 3.63) is 48.7 Å². The van der Waals surface area contributed by atoms with Crippen LogP contribution in [0.4, 0.5) is 11.5 Å². The third kappa shape index (κ3) is 5.19. The average Bonchev–Trinajstić information content (AvgIpc) is 3.33. The van der Waals surface area contributed by atoms with Crippen molar-refractivity contribution in [2.24, 2.45) is 0 Å². The first-order valence-electron chi connectivity index (χ1n) is 11.3. The van der Waals surface area contributed by atoms with Gasteiger partial charge in [0.05, 0.1) is 5.69 Å². The maximum atomic E-state index is 13.1. The predicted octanol–water partition coefficient (Wildman–Crippen LogP) is 2.51. The monoisotopic (exact) mass is 443 g/mol. The van der Waals surface area contributed by atoms with Gasteiger partial charge in [0.25, 0.3) is 10.0 Å². The summed E-state index contributed by atoms with van der Waals surface area (Å²) in [5.74, 6) is 0.848. The van der Waals surface area contributed by atoms with E-state index in [0.29, 0.717) is 12.2 Å². The Bertz CT molecular complexity index is 922. The van der Waals surface area contributed by atoms with E-state index >= 15 is 0 Å². The molecule has 7 nitrogen and oxygen atoms in total. The molecule has 2 aromatic rings. The molecule has 8 heteroatoms. The van der Waals surface area contributed by atoms with Gasteiger partial charge in [-0.3, -0.25) is 9.21 Å². The molecule has 2 fully saturated rings. The van der Waals surface area contributed by atoms with Gasteiger partial charge in [0.1, 0.15) is 10.7 Å². The smallest absolute Gasteiger partial charge is 0.265 e. The minimum absolute atomic E-state index is 0.228. The maximum Gasteiger partial charge on any atom is 0.265 e. The molecule has 31 heavy (non-hydrogen) atoms. The summed E-state index contributed by atoms with van der Waals surface area (Å²) < 4.78 is 27.7. The molecule has 0 atom stereocenters. The number of benzene rings is 1. The number of anilines is 2. The van der Waals surface area contributed by atoms with Crippen molar-refractivity contribution in [1.29, 1.82) is 0 Å². The van der Waals surface area contributed by atoms with Crippen molar-refractivity contribution in [2.45, 2.75) is 24.7 Å². The fourth-order valence-corrected chi connectivity index (χ4v) is 5.83. The van der Waals surface area contributed by atoms with Gasteiger partial charge in [0.2, 0.25) is 0 Å². The number of aromatic nitrogens is 1. The maximum absolute atomic E-state index is 13.1. The number of hydrogen-bond acceptors (Lipinski definition) is 6. The van der Waals surface area contributed by atoms with Crippen LogP contribution >= 0.6 is 0 Å². The third-order valence-electron chi connectivity index (χ3n) is 6.27. The molecule has 2 aliphatic rings. The lowest BCUT2D eigenvalue weighted by Crippen LogP contribution is -2.48. The first-order valence-corrected chi connectivity index (χ1v) is 12.8. The van der Waals surface area contributed by atoms with E-state index in [0.717, 1.165) is 38.5 Å². The van der Waals surface area contributed by atoms with E-state index in [1.165, 1.54) is 43.0 Å². The fraction of sp³-hybridized carbons (Fsp3) is 0.522. The van der Waals surface area contributed by atoms with Crippen LogP contribution in [0.3, 0.4) is 0 Å². The minimum Gasteiger partial charge on any atom is -0.354 e. The summed E-state index contributed by atoms with van der Waals surface area (Å²) in [4.78, 5) is 12.1. The fourth-order valence-electron chi connectivity index (χ4n) is 4.41. The summed E-state index contributed by atoms with van der Waals surface area (Å²) in [5, 5.41) is 0. The first kappa shape index (κ1) is 22.0. The predicted molar refractivity (Wildman–Crippen MR) is 125 cm³/mol. The number of nitrogens with zero attached hydrogens (tertiary/aromatic N) is 5. The number of rotatable bonds is 8. The van der Waals surface area contributed by atoms with E-state index in [4.69, 9.17) is 0 Å². The van der Waals surface area contributed by atoms with Gasteiger partial charge >= 0.3 is 0 Å². The van der Waals surface area contributed by atoms with Crippen molar-refractivity contribution in [3.63, 3.8) is 0 Å². The van der Waals surface area contributed by atoms with Crippen LogP contribution in [0.1, 0.15) is 19.8 Å². The summed E-state index contributed by atoms with van der Waals surface area (Å²) in [5.41, 5.74) is 0.666. The Labute approximate surface area is 186 Å². The van der Waals surface area contributed by atoms with Gasteiger partial charge in [0, 0.05) is 52.0 Å². The quantitative estimate of drug-likeness (QED) is 0.625. The zero-order valence-corrected chi connectivity index (χ0v) is 19.2. The second-order valence-corrected chi connectivity index (χ2v) is 10.1. The van der Waals surface area contributed by atoms with Gasteiger partial charge < -0.3 is 9.80 Å². The normalized spacial score (nSPS) is 18.4. The topological polar surface area (TPSA) is 60.0 Å². The highest BCUT2D eigenvalue weighted by Gasteiger charge is 2.25. The van der Waals surface area contributed by atoms with Crippen molar-refractivity contribution >= 4 is 21.5 Å². The van der Waals surface area contributed by atoms with E-state index in [1.54, 1.807) is 6.07 Å². The van der Waals surface area contributed by atoms with E-state index in [9.17, 15) is 8.42 Å². The van der Waals surface area contributed by atoms with Crippen LogP contribution < -0.4 is 9.21 Å². The Morgan fingerprint density at radius 1 is 0.871 bits per heavy atom. The number of para-hydroxylation sites is 1. The lowest BCUT2D eigenvalue weighted by atomic mass is 10.3. The summed E-state index contributed by atoms with van der Waals surface area (Å²) >= 11 is 0. The van der Waals surface area contributed by atoms with Crippen molar-refractivity contribution in [1.82, 2.24) is 14.8 Å². The SMILES string of the molecule is CCN(c1ccccc1)S(=O)(=O)c1ccc(N2CCN(CCN3CCCC3)CC2)nc1. The molecule has 0 radical (unpaired) electrons. The van der Waals surface area contributed by atoms with Crippen LogP contribution in [0.2, 0.25) is 0 Å². The minimum atomic E-state index is -3.64. The Hall–Kier alpha value is -2.16. The molecule has 0 spiro atoms. The van der Waals surface area contributed by atoms with Gasteiger partial charge in [-0.25, -0.2) is 13.4 Å². The molecule has 0 amide bonds. The zero-order valence-electron chi connectivity index (χ0n) is 18.4. The number of piperazine rings is 1. The Balaban J connectivity index is 1.36. The lowest BCUT2D eigenvalue weighted by molar-refractivity contribution is 0.215. The molecule has 1 aromatic heterocycles. The number of likely N-dealkylation sites (tertiary alicyclic amines) is 1. The molecule has 0 saturated carbocycles. The largest absolute Gasteiger partial charge is 0.354 e. The highest BCUT2D eigenvalue weighted by molar-refractivity contribution is 7.92. The Morgan fingerprint density at radius 3 is 2.10 bits per heavy atom. The lowest BCUT2D eigenvalue weighted by Gasteiger charge is -2.36. The number of hydrogen-bond donors (Lipinski definition) is 0. The molecule has 0 unspecified atom stereocenters. The van der Waals surface area contributed by atoms with Crippen LogP contribution in [-0.2, 0) is 10.0 Å². The molecule has 4 rings (SSSR count). The molecule has 168 valence electrons. The average molecular weight is 444 g/mol. The van der Waals surface area contributed by atoms with E-state index in [2.05, 4.69) is 19.7 Å². The summed E-state index contributed by atoms with van der Waals surface area (Å²) in [6, 6.07) is 12.7. The molecule has 1 aromatic carbocycles. The van der Waals surface area contributed by atoms with Crippen molar-refractivity contribution in [2.75, 3.05) is 68.1 Å². The summed E-state index contributed by atoms with van der Waals surface area (Å²) in [7, 11) is -3.64. The molecule has 2 saturated heterocycles. The van der Waals surface area contributed by atoms with Crippen LogP contribution in [0, 0.1) is 0 Å². The summed E-state index contributed by atoms with van der Waals surface area (Å²) in [6.07, 6.45) is 4.18. The van der Waals surface area contributed by atoms with Gasteiger partial charge in [0.15, 0.2) is 0 Å². The highest BCUT2D eigenvalue weighted by Crippen LogP contribution is 2.24. The van der Waals surface area contributed by atoms with Gasteiger partial charge in [-0.05, 0) is 57.1 Å². The van der Waals surface area contributed by atoms with Crippen LogP contribution in [0.5, 0.6) is 0 Å². The second kappa shape index (κ2) is 9.97. The number of sulfonamides is 1. The third-order valence-corrected chi connectivity index (χ3v) is 8.15. The highest BCUT2D eigenvalue weighted by atomic mass is 32.2. The van der Waals surface area contributed by atoms with Crippen molar-refractivity contribution in [3.8, 4) is 0 Å². The molecular formula is C23H33N5O2S. The van der Waals surface area contributed by atoms with Crippen LogP contribution in [0.15, 0.2) is 53.6 Å². The van der Waals surface area contributed by atoms with Gasteiger partial charge in [-0.1, -0.05) is 18.2 Å². The standard InChI is InChI=1S/C23H33N5O2S/c1-2-28(21-8-4-3-5-9-21)31(29,30)22-10-11-23(24-20-22)27-18-16-26(17-19-27)15-14-25-12-6-7-13-25/h3-5,8-11,20H,2,6-7,12-19H2,1H3. The van der Waals surface area contributed by atoms with Gasteiger partial charge in [-0.2, -0.15) is 0 Å². The van der Waals surface area contributed by atoms with Gasteiger partial charge in [-0.15, -0.1) is 0 Å². The Kier molecular flexibility index (Phi) is 7.09. The molecule has 0 N–H and O–H groups in total. The van der Waals surface area contributed by atoms with E-state index in [-0.39, 0.29) is 4.90 Å². The molecular weight excluding hydrogens is 410 g/mol. The second-order valence-electron chi connectivity index (χ2n) is 8.23. The molecule has 3 heterocycles.